The van der Waals surface area contributed by atoms with E-state index < -0.39 is 0 Å². The average molecular weight is 124 g/mol. The first-order valence-corrected chi connectivity index (χ1v) is 3.24. The Kier molecular flexibility index (Phi) is 2.33. The Morgan fingerprint density at radius 1 is 1.22 bits per heavy atom. The minimum absolute atomic E-state index is 0.776. The molecule has 1 aromatic heterocycles. The van der Waals surface area contributed by atoms with Crippen LogP contribution in [-0.2, 0) is 6.54 Å². The molecule has 0 aliphatic carbocycles. The van der Waals surface area contributed by atoms with Crippen LogP contribution in [0.4, 0.5) is 0 Å². The van der Waals surface area contributed by atoms with Crippen LogP contribution in [0.25, 0.3) is 0 Å². The summed E-state index contributed by atoms with van der Waals surface area (Å²) in [4.78, 5) is 0. The highest BCUT2D eigenvalue weighted by Gasteiger charge is 1.84. The van der Waals surface area contributed by atoms with E-state index in [0.717, 1.165) is 19.5 Å². The summed E-state index contributed by atoms with van der Waals surface area (Å²) in [5.74, 6) is 0. The standard InChI is InChI=1S/C7H12N2/c8-4-3-7-9-5-1-2-6-9/h1-2,5-6H,3-4,7-8H2. The van der Waals surface area contributed by atoms with Crippen LogP contribution in [0.5, 0.6) is 0 Å². The third-order valence-electron chi connectivity index (χ3n) is 1.29. The highest BCUT2D eigenvalue weighted by Crippen LogP contribution is 1.90. The monoisotopic (exact) mass is 124 g/mol. The van der Waals surface area contributed by atoms with Crippen molar-refractivity contribution in [2.75, 3.05) is 6.54 Å². The van der Waals surface area contributed by atoms with Crippen molar-refractivity contribution >= 4 is 0 Å². The molecule has 2 heteroatoms. The molecule has 1 heterocycles. The van der Waals surface area contributed by atoms with Gasteiger partial charge in [-0.1, -0.05) is 0 Å². The second-order valence-corrected chi connectivity index (χ2v) is 2.06. The molecule has 9 heavy (non-hydrogen) atoms. The van der Waals surface area contributed by atoms with E-state index in [2.05, 4.69) is 17.0 Å². The van der Waals surface area contributed by atoms with E-state index in [1.165, 1.54) is 0 Å². The van der Waals surface area contributed by atoms with Crippen LogP contribution in [0.15, 0.2) is 24.5 Å². The third kappa shape index (κ3) is 1.90. The topological polar surface area (TPSA) is 30.9 Å². The first kappa shape index (κ1) is 6.36. The Morgan fingerprint density at radius 2 is 1.89 bits per heavy atom. The summed E-state index contributed by atoms with van der Waals surface area (Å²) in [7, 11) is 0. The first-order valence-electron chi connectivity index (χ1n) is 3.24. The van der Waals surface area contributed by atoms with Crippen molar-refractivity contribution in [3.8, 4) is 0 Å². The Hall–Kier alpha value is -0.760. The lowest BCUT2D eigenvalue weighted by Crippen LogP contribution is -2.03. The van der Waals surface area contributed by atoms with E-state index >= 15 is 0 Å². The van der Waals surface area contributed by atoms with Gasteiger partial charge in [-0.25, -0.2) is 0 Å². The van der Waals surface area contributed by atoms with Crippen LogP contribution in [-0.4, -0.2) is 11.1 Å². The second kappa shape index (κ2) is 3.30. The van der Waals surface area contributed by atoms with Crippen LogP contribution < -0.4 is 5.73 Å². The molecule has 1 aromatic rings. The van der Waals surface area contributed by atoms with Crippen LogP contribution in [0.3, 0.4) is 0 Å². The van der Waals surface area contributed by atoms with Gasteiger partial charge in [0.15, 0.2) is 0 Å². The summed E-state index contributed by atoms with van der Waals surface area (Å²) in [6.07, 6.45) is 5.17. The van der Waals surface area contributed by atoms with Gasteiger partial charge in [0.25, 0.3) is 0 Å². The van der Waals surface area contributed by atoms with Gasteiger partial charge in [0.05, 0.1) is 0 Å². The predicted molar refractivity (Wildman–Crippen MR) is 38.1 cm³/mol. The zero-order valence-electron chi connectivity index (χ0n) is 5.46. The molecule has 0 atom stereocenters. The zero-order chi connectivity index (χ0) is 6.53. The van der Waals surface area contributed by atoms with Crippen LogP contribution in [0, 0.1) is 0 Å². The minimum atomic E-state index is 0.776. The quantitative estimate of drug-likeness (QED) is 0.636. The summed E-state index contributed by atoms with van der Waals surface area (Å²) in [6, 6.07) is 4.05. The number of hydrogen-bond donors (Lipinski definition) is 1. The number of rotatable bonds is 3. The van der Waals surface area contributed by atoms with E-state index in [1.807, 2.05) is 12.1 Å². The fourth-order valence-electron chi connectivity index (χ4n) is 0.793. The number of hydrogen-bond acceptors (Lipinski definition) is 1. The summed E-state index contributed by atoms with van der Waals surface area (Å²) in [5.41, 5.74) is 5.33. The molecular weight excluding hydrogens is 112 g/mol. The van der Waals surface area contributed by atoms with Crippen molar-refractivity contribution in [2.24, 2.45) is 5.73 Å². The fraction of sp³-hybridized carbons (Fsp3) is 0.429. The Balaban J connectivity index is 2.30. The molecule has 0 saturated heterocycles. The van der Waals surface area contributed by atoms with Crippen molar-refractivity contribution in [2.45, 2.75) is 13.0 Å². The van der Waals surface area contributed by atoms with Gasteiger partial charge >= 0.3 is 0 Å². The predicted octanol–water partition coefficient (Wildman–Crippen LogP) is 0.837. The maximum absolute atomic E-state index is 5.33. The lowest BCUT2D eigenvalue weighted by atomic mass is 10.4. The molecular formula is C7H12N2. The summed E-state index contributed by atoms with van der Waals surface area (Å²) >= 11 is 0. The molecule has 0 aliphatic rings. The summed E-state index contributed by atoms with van der Waals surface area (Å²) in [5, 5.41) is 0. The van der Waals surface area contributed by atoms with Crippen molar-refractivity contribution in [3.63, 3.8) is 0 Å². The molecule has 2 N–H and O–H groups in total. The molecule has 0 fully saturated rings. The third-order valence-corrected chi connectivity index (χ3v) is 1.29. The van der Waals surface area contributed by atoms with Crippen LogP contribution >= 0.6 is 0 Å². The lowest BCUT2D eigenvalue weighted by molar-refractivity contribution is 0.654. The summed E-state index contributed by atoms with van der Waals surface area (Å²) in [6.45, 7) is 1.82. The zero-order valence-corrected chi connectivity index (χ0v) is 5.46. The maximum Gasteiger partial charge on any atom is 0.0231 e. The Labute approximate surface area is 55.3 Å². The van der Waals surface area contributed by atoms with Gasteiger partial charge < -0.3 is 10.3 Å². The first-order chi connectivity index (χ1) is 4.43. The second-order valence-electron chi connectivity index (χ2n) is 2.06. The van der Waals surface area contributed by atoms with Crippen molar-refractivity contribution in [1.29, 1.82) is 0 Å². The number of nitrogens with two attached hydrogens (primary N) is 1. The molecule has 0 amide bonds. The molecule has 2 nitrogen and oxygen atoms in total. The molecule has 0 saturated carbocycles. The van der Waals surface area contributed by atoms with Gasteiger partial charge in [0, 0.05) is 18.9 Å². The van der Waals surface area contributed by atoms with Gasteiger partial charge in [-0.2, -0.15) is 0 Å². The molecule has 1 rings (SSSR count). The molecule has 0 bridgehead atoms. The maximum atomic E-state index is 5.33. The SMILES string of the molecule is NCCCn1cccc1. The van der Waals surface area contributed by atoms with Crippen molar-refractivity contribution < 1.29 is 0 Å². The molecule has 0 radical (unpaired) electrons. The minimum Gasteiger partial charge on any atom is -0.354 e. The van der Waals surface area contributed by atoms with Gasteiger partial charge in [0.1, 0.15) is 0 Å². The highest BCUT2D eigenvalue weighted by molar-refractivity contribution is 4.89. The van der Waals surface area contributed by atoms with Crippen LogP contribution in [0.1, 0.15) is 6.42 Å². The van der Waals surface area contributed by atoms with E-state index in [9.17, 15) is 0 Å². The smallest absolute Gasteiger partial charge is 0.0231 e. The number of nitrogens with zero attached hydrogens (tertiary/aromatic N) is 1. The molecule has 0 aliphatic heterocycles. The van der Waals surface area contributed by atoms with Crippen LogP contribution in [0.2, 0.25) is 0 Å². The lowest BCUT2D eigenvalue weighted by Gasteiger charge is -1.97. The number of aryl methyl sites for hydroxylation is 1. The van der Waals surface area contributed by atoms with Crippen molar-refractivity contribution in [1.82, 2.24) is 4.57 Å². The van der Waals surface area contributed by atoms with E-state index in [1.54, 1.807) is 0 Å². The van der Waals surface area contributed by atoms with Gasteiger partial charge in [-0.05, 0) is 25.1 Å². The van der Waals surface area contributed by atoms with Gasteiger partial charge in [-0.3, -0.25) is 0 Å². The molecule has 50 valence electrons. The van der Waals surface area contributed by atoms with Crippen molar-refractivity contribution in [3.05, 3.63) is 24.5 Å². The molecule has 0 unspecified atom stereocenters. The Morgan fingerprint density at radius 3 is 2.44 bits per heavy atom. The average Bonchev–Trinajstić information content (AvgIpc) is 2.34. The van der Waals surface area contributed by atoms with Gasteiger partial charge in [0.2, 0.25) is 0 Å². The fourth-order valence-corrected chi connectivity index (χ4v) is 0.793. The molecule has 0 aromatic carbocycles. The summed E-state index contributed by atoms with van der Waals surface area (Å²) < 4.78 is 2.13. The number of aromatic nitrogens is 1. The van der Waals surface area contributed by atoms with E-state index in [4.69, 9.17) is 5.73 Å². The van der Waals surface area contributed by atoms with Gasteiger partial charge in [-0.15, -0.1) is 0 Å². The Bertz CT molecular complexity index is 144. The van der Waals surface area contributed by atoms with E-state index in [0.29, 0.717) is 0 Å². The largest absolute Gasteiger partial charge is 0.354 e. The van der Waals surface area contributed by atoms with E-state index in [-0.39, 0.29) is 0 Å². The molecule has 0 spiro atoms. The normalized spacial score (nSPS) is 9.89. The highest BCUT2D eigenvalue weighted by atomic mass is 14.9.